The summed E-state index contributed by atoms with van der Waals surface area (Å²) in [6.45, 7) is 3.94. The van der Waals surface area contributed by atoms with Crippen molar-refractivity contribution in [3.8, 4) is 11.3 Å². The van der Waals surface area contributed by atoms with Crippen LogP contribution < -0.4 is 10.5 Å². The van der Waals surface area contributed by atoms with Gasteiger partial charge in [-0.3, -0.25) is 4.79 Å². The van der Waals surface area contributed by atoms with E-state index in [1.54, 1.807) is 24.3 Å². The molecule has 0 fully saturated rings. The average Bonchev–Trinajstić information content (AvgIpc) is 3.19. The monoisotopic (exact) mass is 415 g/mol. The molecule has 8 heteroatoms. The highest BCUT2D eigenvalue weighted by Crippen LogP contribution is 2.31. The number of amides is 1. The first kappa shape index (κ1) is 20.2. The summed E-state index contributed by atoms with van der Waals surface area (Å²) in [6, 6.07) is 15.3. The molecule has 0 spiro atoms. The van der Waals surface area contributed by atoms with Crippen LogP contribution in [0.25, 0.3) is 11.3 Å². The topological polar surface area (TPSA) is 102 Å². The molecular weight excluding hydrogens is 394 g/mol. The second-order valence-electron chi connectivity index (χ2n) is 6.61. The smallest absolute Gasteiger partial charge is 0.252 e. The van der Waals surface area contributed by atoms with Crippen LogP contribution in [0.4, 0.5) is 0 Å². The average molecular weight is 416 g/mol. The van der Waals surface area contributed by atoms with Crippen molar-refractivity contribution in [3.63, 3.8) is 0 Å². The number of rotatable bonds is 6. The van der Waals surface area contributed by atoms with Gasteiger partial charge in [-0.1, -0.05) is 37.3 Å². The molecule has 0 aliphatic rings. The van der Waals surface area contributed by atoms with Crippen LogP contribution in [0.15, 0.2) is 64.9 Å². The Labute approximate surface area is 168 Å². The fourth-order valence-electron chi connectivity index (χ4n) is 2.68. The van der Waals surface area contributed by atoms with E-state index in [9.17, 15) is 13.2 Å². The Hall–Kier alpha value is -2.55. The molecule has 3 aromatic rings. The van der Waals surface area contributed by atoms with E-state index in [2.05, 4.69) is 10.3 Å². The van der Waals surface area contributed by atoms with Crippen LogP contribution in [0.2, 0.25) is 0 Å². The third-order valence-corrected chi connectivity index (χ3v) is 6.62. The first-order valence-corrected chi connectivity index (χ1v) is 11.1. The molecule has 0 radical (unpaired) electrons. The van der Waals surface area contributed by atoms with Gasteiger partial charge in [0, 0.05) is 16.5 Å². The second-order valence-corrected chi connectivity index (χ2v) is 9.03. The lowest BCUT2D eigenvalue weighted by Crippen LogP contribution is -2.43. The minimum atomic E-state index is -3.73. The molecular formula is C20H21N3O3S2. The molecule has 1 atom stereocenters. The van der Waals surface area contributed by atoms with Crippen LogP contribution in [0.5, 0.6) is 0 Å². The quantitative estimate of drug-likeness (QED) is 0.643. The van der Waals surface area contributed by atoms with Crippen molar-refractivity contribution in [1.82, 2.24) is 10.3 Å². The van der Waals surface area contributed by atoms with Crippen LogP contribution in [0.1, 0.15) is 35.6 Å². The summed E-state index contributed by atoms with van der Waals surface area (Å²) in [4.78, 5) is 17.3. The molecule has 1 heterocycles. The molecule has 146 valence electrons. The summed E-state index contributed by atoms with van der Waals surface area (Å²) in [6.07, 6.45) is 0.670. The molecule has 0 aliphatic heterocycles. The molecule has 1 amide bonds. The summed E-state index contributed by atoms with van der Waals surface area (Å²) in [5, 5.41) is 10.9. The van der Waals surface area contributed by atoms with Crippen molar-refractivity contribution in [2.24, 2.45) is 5.14 Å². The van der Waals surface area contributed by atoms with Gasteiger partial charge in [0.2, 0.25) is 10.0 Å². The summed E-state index contributed by atoms with van der Waals surface area (Å²) in [5.74, 6) is -0.154. The number of thiazole rings is 1. The van der Waals surface area contributed by atoms with Crippen LogP contribution in [0.3, 0.4) is 0 Å². The summed E-state index contributed by atoms with van der Waals surface area (Å²) >= 11 is 1.45. The Bertz CT molecular complexity index is 1080. The maximum Gasteiger partial charge on any atom is 0.252 e. The SMILES string of the molecule is CC[C@](C)(NC(=O)c1ccccc1)c1nc(-c2ccc(S(N)(=O)=O)cc2)cs1. The fraction of sp³-hybridized carbons (Fsp3) is 0.200. The highest BCUT2D eigenvalue weighted by molar-refractivity contribution is 7.89. The van der Waals surface area contributed by atoms with Gasteiger partial charge >= 0.3 is 0 Å². The number of benzene rings is 2. The van der Waals surface area contributed by atoms with Gasteiger partial charge in [-0.25, -0.2) is 18.5 Å². The normalized spacial score (nSPS) is 13.7. The predicted octanol–water partition coefficient (Wildman–Crippen LogP) is 3.51. The lowest BCUT2D eigenvalue weighted by molar-refractivity contribution is 0.0902. The van der Waals surface area contributed by atoms with E-state index in [1.165, 1.54) is 23.5 Å². The summed E-state index contributed by atoms with van der Waals surface area (Å²) < 4.78 is 22.8. The van der Waals surface area contributed by atoms with Crippen LogP contribution in [0, 0.1) is 0 Å². The standard InChI is InChI=1S/C20H21N3O3S2/c1-3-20(2,23-18(24)15-7-5-4-6-8-15)19-22-17(13-27-19)14-9-11-16(12-10-14)28(21,25)26/h4-13H,3H2,1-2H3,(H,23,24)(H2,21,25,26)/t20-/m0/s1. The number of hydrogen-bond donors (Lipinski definition) is 2. The third kappa shape index (κ3) is 4.30. The zero-order chi connectivity index (χ0) is 20.4. The summed E-state index contributed by atoms with van der Waals surface area (Å²) in [7, 11) is -3.73. The first-order valence-electron chi connectivity index (χ1n) is 8.70. The van der Waals surface area contributed by atoms with Gasteiger partial charge < -0.3 is 5.32 Å². The number of hydrogen-bond acceptors (Lipinski definition) is 5. The van der Waals surface area contributed by atoms with Gasteiger partial charge in [-0.05, 0) is 37.6 Å². The van der Waals surface area contributed by atoms with E-state index in [0.717, 1.165) is 16.3 Å². The van der Waals surface area contributed by atoms with Crippen molar-refractivity contribution in [2.45, 2.75) is 30.7 Å². The molecule has 0 aliphatic carbocycles. The molecule has 0 saturated carbocycles. The maximum atomic E-state index is 12.6. The van der Waals surface area contributed by atoms with Gasteiger partial charge in [-0.15, -0.1) is 11.3 Å². The molecule has 0 bridgehead atoms. The largest absolute Gasteiger partial charge is 0.340 e. The molecule has 2 aromatic carbocycles. The lowest BCUT2D eigenvalue weighted by atomic mass is 9.99. The third-order valence-electron chi connectivity index (χ3n) is 4.59. The van der Waals surface area contributed by atoms with Crippen molar-refractivity contribution in [3.05, 3.63) is 70.5 Å². The van der Waals surface area contributed by atoms with E-state index >= 15 is 0 Å². The molecule has 0 saturated heterocycles. The fourth-order valence-corrected chi connectivity index (χ4v) is 4.21. The molecule has 3 N–H and O–H groups in total. The maximum absolute atomic E-state index is 12.6. The van der Waals surface area contributed by atoms with Gasteiger partial charge in [0.1, 0.15) is 5.01 Å². The number of aromatic nitrogens is 1. The Morgan fingerprint density at radius 1 is 1.14 bits per heavy atom. The van der Waals surface area contributed by atoms with Gasteiger partial charge in [-0.2, -0.15) is 0 Å². The number of nitrogens with one attached hydrogen (secondary N) is 1. The van der Waals surface area contributed by atoms with Crippen molar-refractivity contribution in [1.29, 1.82) is 0 Å². The van der Waals surface area contributed by atoms with Crippen molar-refractivity contribution < 1.29 is 13.2 Å². The number of carbonyl (C=O) groups is 1. The summed E-state index contributed by atoms with van der Waals surface area (Å²) in [5.41, 5.74) is 1.48. The lowest BCUT2D eigenvalue weighted by Gasteiger charge is -2.27. The Morgan fingerprint density at radius 3 is 2.36 bits per heavy atom. The zero-order valence-electron chi connectivity index (χ0n) is 15.5. The predicted molar refractivity (Wildman–Crippen MR) is 110 cm³/mol. The minimum absolute atomic E-state index is 0.0558. The van der Waals surface area contributed by atoms with E-state index in [1.807, 2.05) is 37.4 Å². The van der Waals surface area contributed by atoms with Gasteiger partial charge in [0.15, 0.2) is 0 Å². The number of primary sulfonamides is 1. The molecule has 3 rings (SSSR count). The van der Waals surface area contributed by atoms with Crippen LogP contribution >= 0.6 is 11.3 Å². The Kier molecular flexibility index (Phi) is 5.64. The van der Waals surface area contributed by atoms with Crippen molar-refractivity contribution in [2.75, 3.05) is 0 Å². The Morgan fingerprint density at radius 2 is 1.79 bits per heavy atom. The molecule has 1 aromatic heterocycles. The highest BCUT2D eigenvalue weighted by Gasteiger charge is 2.30. The molecule has 28 heavy (non-hydrogen) atoms. The number of carbonyl (C=O) groups excluding carboxylic acids is 1. The number of sulfonamides is 1. The molecule has 0 unspecified atom stereocenters. The van der Waals surface area contributed by atoms with Gasteiger partial charge in [0.05, 0.1) is 16.1 Å². The van der Waals surface area contributed by atoms with E-state index in [4.69, 9.17) is 5.14 Å². The van der Waals surface area contributed by atoms with Gasteiger partial charge in [0.25, 0.3) is 5.91 Å². The van der Waals surface area contributed by atoms with Crippen LogP contribution in [-0.2, 0) is 15.6 Å². The first-order chi connectivity index (χ1) is 13.2. The minimum Gasteiger partial charge on any atom is -0.340 e. The van der Waals surface area contributed by atoms with E-state index in [0.29, 0.717) is 12.0 Å². The number of nitrogens with zero attached hydrogens (tertiary/aromatic N) is 1. The molecule has 6 nitrogen and oxygen atoms in total. The zero-order valence-corrected chi connectivity index (χ0v) is 17.2. The second kappa shape index (κ2) is 7.83. The van der Waals surface area contributed by atoms with Crippen LogP contribution in [-0.4, -0.2) is 19.3 Å². The van der Waals surface area contributed by atoms with Crippen molar-refractivity contribution >= 4 is 27.3 Å². The highest BCUT2D eigenvalue weighted by atomic mass is 32.2. The van der Waals surface area contributed by atoms with E-state index in [-0.39, 0.29) is 10.8 Å². The Balaban J connectivity index is 1.85. The number of nitrogens with two attached hydrogens (primary N) is 1. The van der Waals surface area contributed by atoms with E-state index < -0.39 is 15.6 Å².